The van der Waals surface area contributed by atoms with Crippen LogP contribution in [0.2, 0.25) is 0 Å². The number of aryl methyl sites for hydroxylation is 1. The minimum Gasteiger partial charge on any atom is -0.480 e. The Labute approximate surface area is 422 Å². The van der Waals surface area contributed by atoms with Crippen LogP contribution >= 0.6 is 0 Å². The van der Waals surface area contributed by atoms with Crippen molar-refractivity contribution < 1.29 is 90.6 Å². The van der Waals surface area contributed by atoms with Gasteiger partial charge in [-0.3, -0.25) is 38.3 Å². The molecule has 416 valence electrons. The maximum Gasteiger partial charge on any atom is 0.326 e. The van der Waals surface area contributed by atoms with E-state index >= 15 is 0 Å². The number of carbonyl (C=O) groups is 10. The van der Waals surface area contributed by atoms with Gasteiger partial charge in [0.1, 0.15) is 31.3 Å². The lowest BCUT2D eigenvalue weighted by atomic mass is 10.1. The van der Waals surface area contributed by atoms with Crippen LogP contribution in [0.4, 0.5) is 0 Å². The third-order valence-corrected chi connectivity index (χ3v) is 10.7. The highest BCUT2D eigenvalue weighted by Gasteiger charge is 2.24. The SMILES string of the molecule is CCC(=O)NCCCCC(NC(=O)COCCOCCNC(C)=O)C(=O)O.CCCC(NC(=O)CCC(NC(=O)COCCOCCNC(=O)CCCS(=O)(=O)NC(=O)CCCc1nn[nH]n1)C(=O)O)C(=O)O. The molecule has 7 amide bonds. The average Bonchev–Trinajstić information content (AvgIpc) is 3.84. The maximum atomic E-state index is 12.0. The number of unbranched alkanes of at least 4 members (excludes halogenated alkanes) is 1. The van der Waals surface area contributed by atoms with E-state index in [9.17, 15) is 61.5 Å². The monoisotopic (exact) mass is 1070 g/mol. The molecular weight excluding hydrogens is 995 g/mol. The van der Waals surface area contributed by atoms with Gasteiger partial charge in [0.25, 0.3) is 0 Å². The molecule has 31 heteroatoms. The second-order valence-electron chi connectivity index (χ2n) is 15.7. The van der Waals surface area contributed by atoms with Gasteiger partial charge >= 0.3 is 17.9 Å². The van der Waals surface area contributed by atoms with Crippen molar-refractivity contribution in [3.63, 3.8) is 0 Å². The maximum absolute atomic E-state index is 12.0. The van der Waals surface area contributed by atoms with E-state index in [2.05, 4.69) is 52.5 Å². The van der Waals surface area contributed by atoms with Crippen molar-refractivity contribution in [3.8, 4) is 0 Å². The molecule has 73 heavy (non-hydrogen) atoms. The van der Waals surface area contributed by atoms with Crippen LogP contribution in [0.5, 0.6) is 0 Å². The number of carboxylic acid groups (broad SMARTS) is 3. The number of hydrogen-bond donors (Lipinski definition) is 11. The van der Waals surface area contributed by atoms with Crippen LogP contribution < -0.4 is 36.6 Å². The van der Waals surface area contributed by atoms with Gasteiger partial charge in [0.15, 0.2) is 5.82 Å². The van der Waals surface area contributed by atoms with E-state index in [4.69, 9.17) is 29.2 Å². The van der Waals surface area contributed by atoms with Crippen molar-refractivity contribution >= 4 is 69.3 Å². The van der Waals surface area contributed by atoms with Gasteiger partial charge in [0.05, 0.1) is 45.4 Å². The van der Waals surface area contributed by atoms with Gasteiger partial charge < -0.3 is 66.2 Å². The van der Waals surface area contributed by atoms with Crippen LogP contribution in [0.1, 0.15) is 104 Å². The molecule has 0 aliphatic rings. The number of ether oxygens (including phenoxy) is 4. The largest absolute Gasteiger partial charge is 0.480 e. The van der Waals surface area contributed by atoms with Crippen molar-refractivity contribution in [2.45, 2.75) is 122 Å². The van der Waals surface area contributed by atoms with Crippen molar-refractivity contribution in [1.29, 1.82) is 0 Å². The lowest BCUT2D eigenvalue weighted by Crippen LogP contribution is -2.44. The van der Waals surface area contributed by atoms with Gasteiger partial charge in [-0.2, -0.15) is 5.21 Å². The number of carboxylic acids is 3. The van der Waals surface area contributed by atoms with Crippen molar-refractivity contribution in [3.05, 3.63) is 5.82 Å². The second-order valence-corrected chi connectivity index (χ2v) is 17.5. The van der Waals surface area contributed by atoms with Gasteiger partial charge in [-0.15, -0.1) is 10.2 Å². The molecule has 0 aromatic carbocycles. The number of aromatic amines is 1. The quantitative estimate of drug-likeness (QED) is 0.0291. The van der Waals surface area contributed by atoms with E-state index in [0.29, 0.717) is 64.0 Å². The first-order valence-electron chi connectivity index (χ1n) is 23.6. The highest BCUT2D eigenvalue weighted by Crippen LogP contribution is 2.04. The van der Waals surface area contributed by atoms with E-state index in [1.54, 1.807) is 13.8 Å². The number of tetrazole rings is 1. The van der Waals surface area contributed by atoms with Crippen molar-refractivity contribution in [1.82, 2.24) is 57.2 Å². The summed E-state index contributed by atoms with van der Waals surface area (Å²) in [4.78, 5) is 115. The van der Waals surface area contributed by atoms with Gasteiger partial charge in [-0.25, -0.2) is 22.8 Å². The molecule has 0 saturated heterocycles. The van der Waals surface area contributed by atoms with Crippen molar-refractivity contribution in [2.75, 3.05) is 78.2 Å². The molecule has 30 nitrogen and oxygen atoms in total. The first kappa shape index (κ1) is 66.6. The summed E-state index contributed by atoms with van der Waals surface area (Å²) in [5, 5.41) is 55.5. The molecule has 3 atom stereocenters. The molecule has 0 radical (unpaired) electrons. The Morgan fingerprint density at radius 3 is 1.62 bits per heavy atom. The predicted octanol–water partition coefficient (Wildman–Crippen LogP) is -2.96. The first-order chi connectivity index (χ1) is 34.7. The fraction of sp³-hybridized carbons (Fsp3) is 0.738. The zero-order valence-electron chi connectivity index (χ0n) is 41.5. The molecule has 0 aliphatic carbocycles. The minimum absolute atomic E-state index is 0.00581. The first-order valence-corrected chi connectivity index (χ1v) is 25.3. The highest BCUT2D eigenvalue weighted by atomic mass is 32.2. The fourth-order valence-corrected chi connectivity index (χ4v) is 6.79. The fourth-order valence-electron chi connectivity index (χ4n) is 5.71. The number of nitrogens with one attached hydrogen (secondary N) is 8. The van der Waals surface area contributed by atoms with Crippen LogP contribution in [0.25, 0.3) is 0 Å². The normalized spacial score (nSPS) is 12.1. The molecule has 0 fully saturated rings. The number of nitrogens with zero attached hydrogens (tertiary/aromatic N) is 3. The molecule has 0 saturated carbocycles. The Hall–Kier alpha value is -6.44. The third kappa shape index (κ3) is 38.9. The second kappa shape index (κ2) is 41.1. The number of amides is 7. The third-order valence-electron chi connectivity index (χ3n) is 9.38. The Morgan fingerprint density at radius 1 is 0.562 bits per heavy atom. The zero-order chi connectivity index (χ0) is 54.9. The van der Waals surface area contributed by atoms with Crippen LogP contribution in [-0.4, -0.2) is 200 Å². The van der Waals surface area contributed by atoms with E-state index in [0.717, 1.165) is 0 Å². The van der Waals surface area contributed by atoms with Gasteiger partial charge in [0, 0.05) is 58.7 Å². The number of rotatable bonds is 42. The number of aliphatic carboxylic acids is 3. The van der Waals surface area contributed by atoms with Gasteiger partial charge in [0.2, 0.25) is 51.4 Å². The molecule has 1 heterocycles. The summed E-state index contributed by atoms with van der Waals surface area (Å²) < 4.78 is 46.7. The molecule has 3 unspecified atom stereocenters. The predicted molar refractivity (Wildman–Crippen MR) is 253 cm³/mol. The molecule has 1 aromatic rings. The molecular formula is C42H73N11O19S. The number of H-pyrrole nitrogens is 1. The van der Waals surface area contributed by atoms with Crippen LogP contribution in [0.3, 0.4) is 0 Å². The topological polar surface area (TPSA) is 441 Å². The summed E-state index contributed by atoms with van der Waals surface area (Å²) in [6.07, 6.45) is 2.63. The van der Waals surface area contributed by atoms with Crippen molar-refractivity contribution in [2.24, 2.45) is 0 Å². The molecule has 0 aliphatic heterocycles. The van der Waals surface area contributed by atoms with Crippen LogP contribution in [0, 0.1) is 0 Å². The molecule has 1 aromatic heterocycles. The van der Waals surface area contributed by atoms with E-state index in [-0.39, 0.29) is 103 Å². The zero-order valence-corrected chi connectivity index (χ0v) is 42.3. The summed E-state index contributed by atoms with van der Waals surface area (Å²) in [5.41, 5.74) is 0. The number of sulfonamides is 1. The summed E-state index contributed by atoms with van der Waals surface area (Å²) in [5.74, 6) is -6.83. The summed E-state index contributed by atoms with van der Waals surface area (Å²) in [7, 11) is -3.89. The highest BCUT2D eigenvalue weighted by molar-refractivity contribution is 7.90. The molecule has 0 spiro atoms. The summed E-state index contributed by atoms with van der Waals surface area (Å²) in [6, 6.07) is -3.45. The van der Waals surface area contributed by atoms with E-state index in [1.165, 1.54) is 6.92 Å². The van der Waals surface area contributed by atoms with Crippen LogP contribution in [0.15, 0.2) is 0 Å². The molecule has 1 rings (SSSR count). The Morgan fingerprint density at radius 2 is 1.08 bits per heavy atom. The molecule has 11 N–H and O–H groups in total. The standard InChI is InChI=1S/C25H42N8O12S.C17H31N3O7/c1-2-5-17(24(38)39)27-21(35)10-9-18(25(40)41)28-23(37)16-45-14-13-44-12-11-26-20(34)8-4-15-46(42,43)31-22(36)7-3-6-19-29-32-33-30-19;1-3-15(22)19-7-5-4-6-14(17(24)25)20-16(23)12-27-11-10-26-9-8-18-13(2)21/h17-18H,2-16H2,1H3,(H,26,34)(H,27,35)(H,28,37)(H,31,36)(H,38,39)(H,40,41)(H,29,30,32,33);14H,3-12H2,1-2H3,(H,18,21)(H,19,22)(H,20,23)(H,24,25). The van der Waals surface area contributed by atoms with Crippen LogP contribution in [-0.2, 0) is 83.3 Å². The van der Waals surface area contributed by atoms with Gasteiger partial charge in [-0.1, -0.05) is 25.5 Å². The van der Waals surface area contributed by atoms with E-state index in [1.807, 2.05) is 4.72 Å². The number of carbonyl (C=O) groups excluding carboxylic acids is 7. The Balaban J connectivity index is 0.00000163. The Bertz CT molecular complexity index is 1940. The lowest BCUT2D eigenvalue weighted by Gasteiger charge is -2.16. The smallest absolute Gasteiger partial charge is 0.326 e. The summed E-state index contributed by atoms with van der Waals surface area (Å²) in [6.45, 7) is 6.13. The summed E-state index contributed by atoms with van der Waals surface area (Å²) >= 11 is 0. The minimum atomic E-state index is -3.89. The van der Waals surface area contributed by atoms with E-state index < -0.39 is 88.0 Å². The Kier molecular flexibility index (Phi) is 37.5. The number of hydrogen-bond acceptors (Lipinski definition) is 19. The van der Waals surface area contributed by atoms with Gasteiger partial charge in [-0.05, 0) is 44.9 Å². The molecule has 0 bridgehead atoms. The lowest BCUT2D eigenvalue weighted by molar-refractivity contribution is -0.144. The number of aromatic nitrogens is 4. The average molecular weight is 1070 g/mol.